The number of carboxylic acid groups (broad SMARTS) is 1. The van der Waals surface area contributed by atoms with Crippen LogP contribution in [-0.4, -0.2) is 60.1 Å². The Labute approximate surface area is 150 Å². The first-order valence-corrected chi connectivity index (χ1v) is 8.63. The number of hydrogen-bond acceptors (Lipinski definition) is 5. The van der Waals surface area contributed by atoms with Crippen LogP contribution < -0.4 is 5.32 Å². The third-order valence-corrected chi connectivity index (χ3v) is 5.23. The van der Waals surface area contributed by atoms with Crippen LogP contribution in [0.5, 0.6) is 0 Å². The van der Waals surface area contributed by atoms with Crippen LogP contribution in [0.2, 0.25) is 0 Å². The van der Waals surface area contributed by atoms with Crippen molar-refractivity contribution in [2.24, 2.45) is 11.3 Å². The second-order valence-corrected chi connectivity index (χ2v) is 7.90. The number of carbonyl (C=O) groups excluding carboxylic acids is 1. The van der Waals surface area contributed by atoms with Gasteiger partial charge in [-0.2, -0.15) is 0 Å². The Kier molecular flexibility index (Phi) is 7.07. The zero-order chi connectivity index (χ0) is 19.6. The van der Waals surface area contributed by atoms with E-state index >= 15 is 0 Å². The van der Waals surface area contributed by atoms with E-state index in [1.165, 1.54) is 6.92 Å². The summed E-state index contributed by atoms with van der Waals surface area (Å²) in [4.78, 5) is 23.8. The largest absolute Gasteiger partial charge is 0.479 e. The highest BCUT2D eigenvalue weighted by Gasteiger charge is 2.59. The molecule has 8 heteroatoms. The van der Waals surface area contributed by atoms with Crippen molar-refractivity contribution >= 4 is 19.9 Å². The van der Waals surface area contributed by atoms with E-state index in [9.17, 15) is 19.8 Å². The second kappa shape index (κ2) is 8.06. The van der Waals surface area contributed by atoms with Crippen LogP contribution in [0.3, 0.4) is 0 Å². The summed E-state index contributed by atoms with van der Waals surface area (Å²) in [5.41, 5.74) is -2.32. The molecule has 0 bridgehead atoms. The van der Waals surface area contributed by atoms with Crippen LogP contribution >= 0.6 is 0 Å². The van der Waals surface area contributed by atoms with Crippen molar-refractivity contribution in [1.29, 1.82) is 0 Å². The van der Waals surface area contributed by atoms with Gasteiger partial charge in [0.2, 0.25) is 5.91 Å². The fourth-order valence-corrected chi connectivity index (χ4v) is 3.48. The second-order valence-electron chi connectivity index (χ2n) is 7.90. The number of aliphatic hydroxyl groups excluding tert-OH is 1. The summed E-state index contributed by atoms with van der Waals surface area (Å²) in [6.45, 7) is 10.3. The third-order valence-electron chi connectivity index (χ3n) is 5.23. The molecular weight excluding hydrogens is 325 g/mol. The lowest BCUT2D eigenvalue weighted by Gasteiger charge is -2.53. The van der Waals surface area contributed by atoms with Gasteiger partial charge in [0.1, 0.15) is 0 Å². The van der Waals surface area contributed by atoms with Crippen LogP contribution in [0.1, 0.15) is 54.4 Å². The first kappa shape index (κ1) is 21.9. The van der Waals surface area contributed by atoms with Gasteiger partial charge in [-0.25, -0.2) is 4.79 Å². The molecule has 0 aromatic carbocycles. The maximum absolute atomic E-state index is 12.1. The molecule has 0 aliphatic carbocycles. The molecule has 25 heavy (non-hydrogen) atoms. The highest BCUT2D eigenvalue weighted by molar-refractivity contribution is 5.98. The van der Waals surface area contributed by atoms with E-state index in [0.717, 1.165) is 0 Å². The van der Waals surface area contributed by atoms with Crippen molar-refractivity contribution in [3.05, 3.63) is 0 Å². The van der Waals surface area contributed by atoms with Gasteiger partial charge in [-0.05, 0) is 6.42 Å². The molecule has 1 amide bonds. The summed E-state index contributed by atoms with van der Waals surface area (Å²) in [6.07, 6.45) is -1.79. The Morgan fingerprint density at radius 3 is 2.36 bits per heavy atom. The summed E-state index contributed by atoms with van der Waals surface area (Å²) in [6, 6.07) is -0.659. The quantitative estimate of drug-likeness (QED) is 0.615. The maximum atomic E-state index is 12.1. The molecule has 0 spiro atoms. The molecule has 2 radical (unpaired) electrons. The first-order chi connectivity index (χ1) is 11.4. The number of aliphatic hydroxyl groups is 1. The van der Waals surface area contributed by atoms with E-state index in [1.54, 1.807) is 27.7 Å². The molecule has 1 rings (SSSR count). The molecule has 1 aliphatic rings. The maximum Gasteiger partial charge on any atom is 0.336 e. The van der Waals surface area contributed by atoms with Crippen molar-refractivity contribution in [3.63, 3.8) is 0 Å². The smallest absolute Gasteiger partial charge is 0.336 e. The molecule has 1 aliphatic heterocycles. The number of aliphatic carboxylic acids is 1. The summed E-state index contributed by atoms with van der Waals surface area (Å²) in [5.74, 6) is -1.86. The van der Waals surface area contributed by atoms with E-state index in [-0.39, 0.29) is 12.3 Å². The van der Waals surface area contributed by atoms with Crippen molar-refractivity contribution in [3.8, 4) is 0 Å². The summed E-state index contributed by atoms with van der Waals surface area (Å²) >= 11 is 0. The predicted octanol–water partition coefficient (Wildman–Crippen LogP) is 1.03. The highest BCUT2D eigenvalue weighted by atomic mass is 16.5. The van der Waals surface area contributed by atoms with Gasteiger partial charge in [0.05, 0.1) is 24.4 Å². The highest BCUT2D eigenvalue weighted by Crippen LogP contribution is 2.45. The molecule has 3 N–H and O–H groups in total. The predicted molar refractivity (Wildman–Crippen MR) is 93.0 cm³/mol. The standard InChI is InChI=1S/C17H30BNO6/c1-7-11(21)9(2)14-13(19-10(3)20)12(25-18)8-17(24-14,15(22)23)16(4,5)6/h9,11-14,21H,7-8H2,1-6H3,(H,19,20)(H,22,23). The van der Waals surface area contributed by atoms with Gasteiger partial charge in [0, 0.05) is 24.7 Å². The van der Waals surface area contributed by atoms with Gasteiger partial charge in [0.25, 0.3) is 8.05 Å². The van der Waals surface area contributed by atoms with Crippen LogP contribution in [0.15, 0.2) is 0 Å². The summed E-state index contributed by atoms with van der Waals surface area (Å²) < 4.78 is 11.2. The first-order valence-electron chi connectivity index (χ1n) is 8.63. The minimum Gasteiger partial charge on any atom is -0.479 e. The molecule has 0 aromatic heterocycles. The molecule has 0 saturated carbocycles. The number of carboxylic acids is 1. The van der Waals surface area contributed by atoms with E-state index in [4.69, 9.17) is 17.4 Å². The fraction of sp³-hybridized carbons (Fsp3) is 0.882. The number of carbonyl (C=O) groups is 2. The zero-order valence-corrected chi connectivity index (χ0v) is 15.9. The molecule has 0 aromatic rings. The molecule has 1 fully saturated rings. The van der Waals surface area contributed by atoms with E-state index in [1.807, 2.05) is 6.92 Å². The van der Waals surface area contributed by atoms with E-state index in [2.05, 4.69) is 5.32 Å². The van der Waals surface area contributed by atoms with Crippen molar-refractivity contribution in [2.45, 2.75) is 84.3 Å². The Bertz CT molecular complexity index is 494. The molecule has 6 atom stereocenters. The summed E-state index contributed by atoms with van der Waals surface area (Å²) in [7, 11) is 5.44. The Morgan fingerprint density at radius 2 is 2.00 bits per heavy atom. The zero-order valence-electron chi connectivity index (χ0n) is 15.9. The number of rotatable bonds is 6. The molecule has 7 nitrogen and oxygen atoms in total. The molecule has 1 heterocycles. The minimum absolute atomic E-state index is 0.0152. The Balaban J connectivity index is 3.41. The lowest BCUT2D eigenvalue weighted by Crippen LogP contribution is -2.68. The monoisotopic (exact) mass is 355 g/mol. The van der Waals surface area contributed by atoms with Crippen LogP contribution in [0.25, 0.3) is 0 Å². The minimum atomic E-state index is -1.56. The normalized spacial score (nSPS) is 32.7. The van der Waals surface area contributed by atoms with Crippen molar-refractivity contribution in [2.75, 3.05) is 0 Å². The molecule has 1 saturated heterocycles. The van der Waals surface area contributed by atoms with Gasteiger partial charge >= 0.3 is 5.97 Å². The topological polar surface area (TPSA) is 105 Å². The molecule has 6 unspecified atom stereocenters. The number of ether oxygens (including phenoxy) is 1. The van der Waals surface area contributed by atoms with Crippen LogP contribution in [-0.2, 0) is 19.0 Å². The fourth-order valence-electron chi connectivity index (χ4n) is 3.48. The number of hydrogen-bond donors (Lipinski definition) is 3. The van der Waals surface area contributed by atoms with Crippen molar-refractivity contribution < 1.29 is 29.2 Å². The van der Waals surface area contributed by atoms with Crippen molar-refractivity contribution in [1.82, 2.24) is 5.32 Å². The third kappa shape index (κ3) is 4.35. The average molecular weight is 355 g/mol. The lowest BCUT2D eigenvalue weighted by molar-refractivity contribution is -0.240. The number of nitrogens with one attached hydrogen (secondary N) is 1. The SMILES string of the molecule is [B]OC1CC(C(=O)O)(C(C)(C)C)OC(C(C)C(O)CC)C1NC(C)=O. The van der Waals surface area contributed by atoms with E-state index < -0.39 is 47.3 Å². The summed E-state index contributed by atoms with van der Waals surface area (Å²) in [5, 5.41) is 23.0. The van der Waals surface area contributed by atoms with Crippen LogP contribution in [0, 0.1) is 11.3 Å². The Hall–Kier alpha value is -1.12. The number of amides is 1. The average Bonchev–Trinajstić information content (AvgIpc) is 2.51. The molecule has 142 valence electrons. The van der Waals surface area contributed by atoms with Gasteiger partial charge < -0.3 is 24.9 Å². The molecular formula is C17H30BNO6. The lowest BCUT2D eigenvalue weighted by atomic mass is 9.68. The van der Waals surface area contributed by atoms with E-state index in [0.29, 0.717) is 6.42 Å². The van der Waals surface area contributed by atoms with Crippen LogP contribution in [0.4, 0.5) is 0 Å². The Morgan fingerprint density at radius 1 is 1.44 bits per heavy atom. The van der Waals surface area contributed by atoms with Gasteiger partial charge in [-0.3, -0.25) is 4.79 Å². The van der Waals surface area contributed by atoms with Gasteiger partial charge in [-0.15, -0.1) is 0 Å². The van der Waals surface area contributed by atoms with Gasteiger partial charge in [-0.1, -0.05) is 34.6 Å². The van der Waals surface area contributed by atoms with Gasteiger partial charge in [0.15, 0.2) is 5.60 Å².